The lowest BCUT2D eigenvalue weighted by Gasteiger charge is -2.18. The Morgan fingerprint density at radius 3 is 2.85 bits per heavy atom. The Morgan fingerprint density at radius 2 is 2.20 bits per heavy atom. The van der Waals surface area contributed by atoms with E-state index in [1.807, 2.05) is 13.1 Å². The summed E-state index contributed by atoms with van der Waals surface area (Å²) in [6, 6.07) is 0.204. The number of alkyl halides is 2. The van der Waals surface area contributed by atoms with Gasteiger partial charge < -0.3 is 14.6 Å². The number of halogens is 2. The summed E-state index contributed by atoms with van der Waals surface area (Å²) in [5.74, 6) is 1.03. The maximum absolute atomic E-state index is 12.0. The average molecular weight is 289 g/mol. The predicted molar refractivity (Wildman–Crippen MR) is 75.1 cm³/mol. The first-order chi connectivity index (χ1) is 9.67. The zero-order valence-corrected chi connectivity index (χ0v) is 12.3. The van der Waals surface area contributed by atoms with Crippen molar-refractivity contribution in [1.82, 2.24) is 14.9 Å². The number of rotatable bonds is 11. The minimum atomic E-state index is -2.39. The molecule has 1 aromatic heterocycles. The lowest BCUT2D eigenvalue weighted by atomic mass is 10.1. The molecule has 116 valence electrons. The van der Waals surface area contributed by atoms with Gasteiger partial charge in [0.15, 0.2) is 0 Å². The third-order valence-corrected chi connectivity index (χ3v) is 3.04. The molecular formula is C14H25F2N3O. The van der Waals surface area contributed by atoms with Crippen molar-refractivity contribution in [2.75, 3.05) is 19.8 Å². The number of nitrogens with zero attached hydrogens (tertiary/aromatic N) is 2. The first-order valence-electron chi connectivity index (χ1n) is 7.26. The van der Waals surface area contributed by atoms with Gasteiger partial charge in [-0.1, -0.05) is 13.8 Å². The number of hydrogen-bond donors (Lipinski definition) is 1. The lowest BCUT2D eigenvalue weighted by molar-refractivity contribution is 0.0144. The summed E-state index contributed by atoms with van der Waals surface area (Å²) in [6.07, 6.45) is 3.96. The number of imidazole rings is 1. The molecule has 6 heteroatoms. The number of aryl methyl sites for hydroxylation is 1. The average Bonchev–Trinajstić information content (AvgIpc) is 2.82. The van der Waals surface area contributed by atoms with Crippen LogP contribution in [0.25, 0.3) is 0 Å². The van der Waals surface area contributed by atoms with Crippen LogP contribution in [0.1, 0.15) is 32.5 Å². The maximum atomic E-state index is 12.0. The summed E-state index contributed by atoms with van der Waals surface area (Å²) in [6.45, 7) is 5.82. The van der Waals surface area contributed by atoms with E-state index in [0.717, 1.165) is 31.8 Å². The van der Waals surface area contributed by atoms with Crippen molar-refractivity contribution in [2.45, 2.75) is 52.1 Å². The van der Waals surface area contributed by atoms with Crippen LogP contribution in [0.3, 0.4) is 0 Å². The molecule has 0 saturated carbocycles. The van der Waals surface area contributed by atoms with E-state index in [1.165, 1.54) is 0 Å². The highest BCUT2D eigenvalue weighted by Crippen LogP contribution is 2.06. The van der Waals surface area contributed by atoms with Crippen LogP contribution in [0.2, 0.25) is 0 Å². The van der Waals surface area contributed by atoms with E-state index in [9.17, 15) is 8.78 Å². The highest BCUT2D eigenvalue weighted by molar-refractivity contribution is 4.95. The molecule has 1 aromatic rings. The van der Waals surface area contributed by atoms with Crippen molar-refractivity contribution >= 4 is 0 Å². The van der Waals surface area contributed by atoms with Crippen LogP contribution in [0, 0.1) is 0 Å². The molecule has 0 saturated heterocycles. The molecule has 0 aromatic carbocycles. The maximum Gasteiger partial charge on any atom is 0.261 e. The Balaban J connectivity index is 2.42. The Bertz CT molecular complexity index is 358. The standard InChI is InChI=1S/C14H25F2N3O/c1-3-7-19-8-6-18-14(19)10-12(17-4-2)5-9-20-11-13(15)16/h6,8,12-13,17H,3-5,7,9-11H2,1-2H3. The van der Waals surface area contributed by atoms with Gasteiger partial charge in [0.25, 0.3) is 6.43 Å². The quantitative estimate of drug-likeness (QED) is 0.636. The molecule has 20 heavy (non-hydrogen) atoms. The fourth-order valence-electron chi connectivity index (χ4n) is 2.16. The van der Waals surface area contributed by atoms with Crippen LogP contribution >= 0.6 is 0 Å². The molecule has 0 spiro atoms. The number of aromatic nitrogens is 2. The molecule has 1 atom stereocenters. The molecule has 1 N–H and O–H groups in total. The van der Waals surface area contributed by atoms with E-state index >= 15 is 0 Å². The van der Waals surface area contributed by atoms with Crippen molar-refractivity contribution in [3.63, 3.8) is 0 Å². The Labute approximate surface area is 119 Å². The van der Waals surface area contributed by atoms with E-state index in [-0.39, 0.29) is 6.04 Å². The van der Waals surface area contributed by atoms with Gasteiger partial charge in [-0.05, 0) is 19.4 Å². The van der Waals surface area contributed by atoms with Gasteiger partial charge in [0.05, 0.1) is 0 Å². The second-order valence-electron chi connectivity index (χ2n) is 4.75. The highest BCUT2D eigenvalue weighted by Gasteiger charge is 2.12. The van der Waals surface area contributed by atoms with Gasteiger partial charge in [-0.3, -0.25) is 0 Å². The molecule has 1 rings (SSSR count). The fourth-order valence-corrected chi connectivity index (χ4v) is 2.16. The van der Waals surface area contributed by atoms with E-state index in [4.69, 9.17) is 4.74 Å². The summed E-state index contributed by atoms with van der Waals surface area (Å²) in [7, 11) is 0. The van der Waals surface area contributed by atoms with Crippen LogP contribution in [-0.4, -0.2) is 41.8 Å². The molecular weight excluding hydrogens is 264 g/mol. The molecule has 1 unspecified atom stereocenters. The molecule has 0 radical (unpaired) electrons. The molecule has 0 aliphatic heterocycles. The topological polar surface area (TPSA) is 39.1 Å². The van der Waals surface area contributed by atoms with Gasteiger partial charge in [-0.15, -0.1) is 0 Å². The third-order valence-electron chi connectivity index (χ3n) is 3.04. The summed E-state index contributed by atoms with van der Waals surface area (Å²) in [5, 5.41) is 3.36. The predicted octanol–water partition coefficient (Wildman–Crippen LogP) is 2.49. The second kappa shape index (κ2) is 9.83. The number of likely N-dealkylation sites (N-methyl/N-ethyl adjacent to an activating group) is 1. The van der Waals surface area contributed by atoms with Gasteiger partial charge in [-0.2, -0.15) is 0 Å². The van der Waals surface area contributed by atoms with Crippen molar-refractivity contribution < 1.29 is 13.5 Å². The number of hydrogen-bond acceptors (Lipinski definition) is 3. The Hall–Kier alpha value is -1.01. The first-order valence-corrected chi connectivity index (χ1v) is 7.26. The minimum absolute atomic E-state index is 0.204. The zero-order valence-electron chi connectivity index (χ0n) is 12.3. The molecule has 0 aliphatic rings. The van der Waals surface area contributed by atoms with E-state index in [1.54, 1.807) is 6.20 Å². The third kappa shape index (κ3) is 6.43. The van der Waals surface area contributed by atoms with Gasteiger partial charge in [0, 0.05) is 38.0 Å². The van der Waals surface area contributed by atoms with Crippen molar-refractivity contribution in [1.29, 1.82) is 0 Å². The number of nitrogens with one attached hydrogen (secondary N) is 1. The minimum Gasteiger partial charge on any atom is -0.375 e. The molecule has 1 heterocycles. The lowest BCUT2D eigenvalue weighted by Crippen LogP contribution is -2.33. The molecule has 0 bridgehead atoms. The fraction of sp³-hybridized carbons (Fsp3) is 0.786. The van der Waals surface area contributed by atoms with Gasteiger partial charge in [-0.25, -0.2) is 13.8 Å². The molecule has 0 amide bonds. The van der Waals surface area contributed by atoms with Crippen molar-refractivity contribution in [3.8, 4) is 0 Å². The smallest absolute Gasteiger partial charge is 0.261 e. The molecule has 0 fully saturated rings. The first kappa shape index (κ1) is 17.0. The zero-order chi connectivity index (χ0) is 14.8. The van der Waals surface area contributed by atoms with E-state index < -0.39 is 13.0 Å². The van der Waals surface area contributed by atoms with Crippen LogP contribution in [-0.2, 0) is 17.7 Å². The Morgan fingerprint density at radius 1 is 1.40 bits per heavy atom. The van der Waals surface area contributed by atoms with Crippen LogP contribution in [0.5, 0.6) is 0 Å². The van der Waals surface area contributed by atoms with Crippen LogP contribution < -0.4 is 5.32 Å². The van der Waals surface area contributed by atoms with Gasteiger partial charge in [0.2, 0.25) is 0 Å². The van der Waals surface area contributed by atoms with Gasteiger partial charge in [0.1, 0.15) is 12.4 Å². The Kier molecular flexibility index (Phi) is 8.37. The highest BCUT2D eigenvalue weighted by atomic mass is 19.3. The van der Waals surface area contributed by atoms with E-state index in [2.05, 4.69) is 21.8 Å². The van der Waals surface area contributed by atoms with Crippen molar-refractivity contribution in [2.24, 2.45) is 0 Å². The van der Waals surface area contributed by atoms with Gasteiger partial charge >= 0.3 is 0 Å². The summed E-state index contributed by atoms with van der Waals surface area (Å²) in [4.78, 5) is 4.38. The molecule has 0 aliphatic carbocycles. The summed E-state index contributed by atoms with van der Waals surface area (Å²) >= 11 is 0. The largest absolute Gasteiger partial charge is 0.375 e. The normalized spacial score (nSPS) is 13.1. The second-order valence-corrected chi connectivity index (χ2v) is 4.75. The SMILES string of the molecule is CCCn1ccnc1CC(CCOCC(F)F)NCC. The molecule has 4 nitrogen and oxygen atoms in total. The summed E-state index contributed by atoms with van der Waals surface area (Å²) < 4.78 is 31.1. The van der Waals surface area contributed by atoms with E-state index in [0.29, 0.717) is 13.0 Å². The summed E-state index contributed by atoms with van der Waals surface area (Å²) in [5.41, 5.74) is 0. The van der Waals surface area contributed by atoms with Crippen LogP contribution in [0.4, 0.5) is 8.78 Å². The monoisotopic (exact) mass is 289 g/mol. The van der Waals surface area contributed by atoms with Crippen LogP contribution in [0.15, 0.2) is 12.4 Å². The van der Waals surface area contributed by atoms with Crippen molar-refractivity contribution in [3.05, 3.63) is 18.2 Å². The number of ether oxygens (including phenoxy) is 1.